The second-order valence-electron chi connectivity index (χ2n) is 7.36. The van der Waals surface area contributed by atoms with Crippen molar-refractivity contribution in [3.05, 3.63) is 58.7 Å². The summed E-state index contributed by atoms with van der Waals surface area (Å²) < 4.78 is 16.4. The van der Waals surface area contributed by atoms with Crippen LogP contribution in [0.5, 0.6) is 11.5 Å². The molecule has 1 atom stereocenters. The molecule has 156 valence electrons. The van der Waals surface area contributed by atoms with Crippen LogP contribution in [0.15, 0.2) is 36.4 Å². The van der Waals surface area contributed by atoms with Gasteiger partial charge in [0.15, 0.2) is 11.5 Å². The lowest BCUT2D eigenvalue weighted by Gasteiger charge is -2.35. The number of nitrogens with one attached hydrogen (secondary N) is 1. The van der Waals surface area contributed by atoms with Crippen molar-refractivity contribution in [3.8, 4) is 11.5 Å². The number of ether oxygens (including phenoxy) is 3. The number of nitrogens with zero attached hydrogens (tertiary/aromatic N) is 1. The van der Waals surface area contributed by atoms with Crippen LogP contribution >= 0.6 is 0 Å². The maximum atomic E-state index is 12.8. The first-order valence-corrected chi connectivity index (χ1v) is 9.92. The average molecular weight is 399 g/mol. The Hall–Kier alpha value is -2.57. The number of methoxy groups -OCH3 is 2. The highest BCUT2D eigenvalue weighted by Gasteiger charge is 2.24. The lowest BCUT2D eigenvalue weighted by molar-refractivity contribution is 0.0162. The Morgan fingerprint density at radius 2 is 1.69 bits per heavy atom. The van der Waals surface area contributed by atoms with E-state index in [1.165, 1.54) is 0 Å². The molecule has 1 saturated heterocycles. The van der Waals surface area contributed by atoms with E-state index in [0.717, 1.165) is 29.8 Å². The van der Waals surface area contributed by atoms with E-state index in [-0.39, 0.29) is 11.9 Å². The van der Waals surface area contributed by atoms with Crippen LogP contribution < -0.4 is 14.8 Å². The van der Waals surface area contributed by atoms with Crippen molar-refractivity contribution in [1.82, 2.24) is 10.2 Å². The molecule has 0 bridgehead atoms. The predicted molar refractivity (Wildman–Crippen MR) is 113 cm³/mol. The minimum absolute atomic E-state index is 0.0218. The van der Waals surface area contributed by atoms with Gasteiger partial charge in [0.25, 0.3) is 5.91 Å². The number of hydrogen-bond donors (Lipinski definition) is 1. The van der Waals surface area contributed by atoms with Gasteiger partial charge in [-0.15, -0.1) is 0 Å². The summed E-state index contributed by atoms with van der Waals surface area (Å²) in [4.78, 5) is 15.1. The van der Waals surface area contributed by atoms with Crippen LogP contribution in [-0.4, -0.2) is 57.9 Å². The van der Waals surface area contributed by atoms with Crippen LogP contribution in [-0.2, 0) is 4.74 Å². The Bertz CT molecular complexity index is 827. The summed E-state index contributed by atoms with van der Waals surface area (Å²) in [6, 6.07) is 11.9. The SMILES string of the molecule is COc1ccc(C(CNC(=O)c2cc(C)cc(C)c2)N2CCOCC2)cc1OC. The Morgan fingerprint density at radius 1 is 1.03 bits per heavy atom. The Kier molecular flexibility index (Phi) is 7.12. The summed E-state index contributed by atoms with van der Waals surface area (Å²) in [5.74, 6) is 1.32. The fraction of sp³-hybridized carbons (Fsp3) is 0.435. The highest BCUT2D eigenvalue weighted by molar-refractivity contribution is 5.94. The first-order chi connectivity index (χ1) is 14.0. The van der Waals surface area contributed by atoms with Gasteiger partial charge in [-0.25, -0.2) is 0 Å². The predicted octanol–water partition coefficient (Wildman–Crippen LogP) is 3.12. The Labute approximate surface area is 172 Å². The zero-order valence-corrected chi connectivity index (χ0v) is 17.7. The Balaban J connectivity index is 1.81. The molecule has 2 aromatic carbocycles. The van der Waals surface area contributed by atoms with Gasteiger partial charge < -0.3 is 19.5 Å². The molecule has 2 aromatic rings. The molecule has 1 heterocycles. The number of morpholine rings is 1. The van der Waals surface area contributed by atoms with E-state index in [1.807, 2.05) is 44.2 Å². The number of carbonyl (C=O) groups is 1. The van der Waals surface area contributed by atoms with Gasteiger partial charge >= 0.3 is 0 Å². The second-order valence-corrected chi connectivity index (χ2v) is 7.36. The Morgan fingerprint density at radius 3 is 2.31 bits per heavy atom. The fourth-order valence-electron chi connectivity index (χ4n) is 3.80. The van der Waals surface area contributed by atoms with Gasteiger partial charge in [0.05, 0.1) is 33.5 Å². The van der Waals surface area contributed by atoms with E-state index in [1.54, 1.807) is 14.2 Å². The minimum Gasteiger partial charge on any atom is -0.493 e. The van der Waals surface area contributed by atoms with Crippen LogP contribution in [0.4, 0.5) is 0 Å². The molecule has 0 spiro atoms. The molecule has 1 aliphatic heterocycles. The molecular formula is C23H30N2O4. The number of hydrogen-bond acceptors (Lipinski definition) is 5. The molecule has 6 heteroatoms. The van der Waals surface area contributed by atoms with Crippen molar-refractivity contribution in [3.63, 3.8) is 0 Å². The topological polar surface area (TPSA) is 60.0 Å². The minimum atomic E-state index is -0.0597. The summed E-state index contributed by atoms with van der Waals surface area (Å²) in [5.41, 5.74) is 3.93. The zero-order valence-electron chi connectivity index (χ0n) is 17.7. The fourth-order valence-corrected chi connectivity index (χ4v) is 3.80. The van der Waals surface area contributed by atoms with E-state index in [9.17, 15) is 4.79 Å². The molecule has 1 aliphatic rings. The number of benzene rings is 2. The summed E-state index contributed by atoms with van der Waals surface area (Å²) in [7, 11) is 3.26. The quantitative estimate of drug-likeness (QED) is 0.777. The lowest BCUT2D eigenvalue weighted by atomic mass is 10.0. The smallest absolute Gasteiger partial charge is 0.251 e. The molecule has 1 amide bonds. The van der Waals surface area contributed by atoms with Crippen LogP contribution in [0.2, 0.25) is 0 Å². The van der Waals surface area contributed by atoms with Crippen molar-refractivity contribution in [2.24, 2.45) is 0 Å². The number of aryl methyl sites for hydroxylation is 2. The highest BCUT2D eigenvalue weighted by Crippen LogP contribution is 2.32. The van der Waals surface area contributed by atoms with Crippen molar-refractivity contribution in [1.29, 1.82) is 0 Å². The van der Waals surface area contributed by atoms with Crippen LogP contribution in [0.1, 0.15) is 33.1 Å². The molecule has 0 aromatic heterocycles. The van der Waals surface area contributed by atoms with Gasteiger partial charge in [0, 0.05) is 25.2 Å². The summed E-state index contributed by atoms with van der Waals surface area (Å²) >= 11 is 0. The average Bonchev–Trinajstić information content (AvgIpc) is 2.73. The van der Waals surface area contributed by atoms with Gasteiger partial charge in [-0.3, -0.25) is 9.69 Å². The largest absolute Gasteiger partial charge is 0.493 e. The van der Waals surface area contributed by atoms with Crippen molar-refractivity contribution >= 4 is 5.91 Å². The molecule has 0 saturated carbocycles. The lowest BCUT2D eigenvalue weighted by Crippen LogP contribution is -2.43. The first-order valence-electron chi connectivity index (χ1n) is 9.92. The number of carbonyl (C=O) groups excluding carboxylic acids is 1. The molecule has 29 heavy (non-hydrogen) atoms. The van der Waals surface area contributed by atoms with Gasteiger partial charge in [-0.2, -0.15) is 0 Å². The monoisotopic (exact) mass is 398 g/mol. The maximum Gasteiger partial charge on any atom is 0.251 e. The summed E-state index contributed by atoms with van der Waals surface area (Å²) in [5, 5.41) is 3.12. The van der Waals surface area contributed by atoms with Crippen molar-refractivity contribution < 1.29 is 19.0 Å². The number of amides is 1. The third-order valence-corrected chi connectivity index (χ3v) is 5.22. The molecule has 1 fully saturated rings. The summed E-state index contributed by atoms with van der Waals surface area (Å²) in [6.45, 7) is 7.52. The van der Waals surface area contributed by atoms with Crippen molar-refractivity contribution in [2.75, 3.05) is 47.1 Å². The van der Waals surface area contributed by atoms with Gasteiger partial charge in [-0.1, -0.05) is 23.3 Å². The molecule has 0 radical (unpaired) electrons. The maximum absolute atomic E-state index is 12.8. The van der Waals surface area contributed by atoms with E-state index < -0.39 is 0 Å². The van der Waals surface area contributed by atoms with Gasteiger partial charge in [0.1, 0.15) is 0 Å². The summed E-state index contributed by atoms with van der Waals surface area (Å²) in [6.07, 6.45) is 0. The van der Waals surface area contributed by atoms with E-state index >= 15 is 0 Å². The standard InChI is InChI=1S/C23H30N2O4/c1-16-11-17(2)13-19(12-16)23(26)24-15-20(25-7-9-29-10-8-25)18-5-6-21(27-3)22(14-18)28-4/h5-6,11-14,20H,7-10,15H2,1-4H3,(H,24,26). The normalized spacial score (nSPS) is 15.6. The van der Waals surface area contributed by atoms with Gasteiger partial charge in [-0.05, 0) is 43.7 Å². The molecule has 1 N–H and O–H groups in total. The molecular weight excluding hydrogens is 368 g/mol. The molecule has 3 rings (SSSR count). The second kappa shape index (κ2) is 9.76. The molecule has 1 unspecified atom stereocenters. The highest BCUT2D eigenvalue weighted by atomic mass is 16.5. The molecule has 0 aliphatic carbocycles. The van der Waals surface area contributed by atoms with Crippen LogP contribution in [0.25, 0.3) is 0 Å². The van der Waals surface area contributed by atoms with Crippen LogP contribution in [0.3, 0.4) is 0 Å². The van der Waals surface area contributed by atoms with E-state index in [0.29, 0.717) is 36.8 Å². The van der Waals surface area contributed by atoms with E-state index in [2.05, 4.69) is 16.3 Å². The zero-order chi connectivity index (χ0) is 20.8. The third kappa shape index (κ3) is 5.28. The third-order valence-electron chi connectivity index (χ3n) is 5.22. The molecule has 6 nitrogen and oxygen atoms in total. The van der Waals surface area contributed by atoms with E-state index in [4.69, 9.17) is 14.2 Å². The van der Waals surface area contributed by atoms with Gasteiger partial charge in [0.2, 0.25) is 0 Å². The first kappa shape index (κ1) is 21.1. The van der Waals surface area contributed by atoms with Crippen molar-refractivity contribution in [2.45, 2.75) is 19.9 Å². The number of rotatable bonds is 7. The van der Waals surface area contributed by atoms with Crippen LogP contribution in [0, 0.1) is 13.8 Å².